The van der Waals surface area contributed by atoms with E-state index in [4.69, 9.17) is 5.73 Å². The second-order valence-electron chi connectivity index (χ2n) is 7.51. The summed E-state index contributed by atoms with van der Waals surface area (Å²) in [4.78, 5) is 4.26. The summed E-state index contributed by atoms with van der Waals surface area (Å²) in [6.07, 6.45) is 10.7. The van der Waals surface area contributed by atoms with Crippen LogP contribution in [0.15, 0.2) is 36.7 Å². The summed E-state index contributed by atoms with van der Waals surface area (Å²) in [5.41, 5.74) is 8.34. The van der Waals surface area contributed by atoms with E-state index < -0.39 is 0 Å². The fourth-order valence-electron chi connectivity index (χ4n) is 6.03. The molecule has 2 nitrogen and oxygen atoms in total. The zero-order chi connectivity index (χ0) is 14.0. The molecule has 2 heteroatoms. The van der Waals surface area contributed by atoms with Gasteiger partial charge in [-0.05, 0) is 66.4 Å². The minimum absolute atomic E-state index is 0.100. The molecule has 108 valence electrons. The van der Waals surface area contributed by atoms with Gasteiger partial charge in [0.1, 0.15) is 0 Å². The van der Waals surface area contributed by atoms with E-state index in [1.54, 1.807) is 0 Å². The molecule has 0 aliphatic heterocycles. The molecule has 3 saturated carbocycles. The Morgan fingerprint density at radius 2 is 2.05 bits per heavy atom. The Labute approximate surface area is 125 Å². The number of benzene rings is 1. The fraction of sp³-hybridized carbons (Fsp3) is 0.526. The highest BCUT2D eigenvalue weighted by molar-refractivity contribution is 5.85. The Hall–Kier alpha value is -1.41. The van der Waals surface area contributed by atoms with Crippen LogP contribution in [0.2, 0.25) is 0 Å². The molecular formula is C19H22N2. The van der Waals surface area contributed by atoms with Gasteiger partial charge in [-0.15, -0.1) is 0 Å². The van der Waals surface area contributed by atoms with Crippen molar-refractivity contribution >= 4 is 10.8 Å². The average molecular weight is 278 g/mol. The van der Waals surface area contributed by atoms with Crippen LogP contribution in [0.1, 0.15) is 37.7 Å². The molecule has 3 aliphatic carbocycles. The van der Waals surface area contributed by atoms with Gasteiger partial charge >= 0.3 is 0 Å². The van der Waals surface area contributed by atoms with Crippen LogP contribution in [0.3, 0.4) is 0 Å². The van der Waals surface area contributed by atoms with E-state index in [2.05, 4.69) is 29.2 Å². The number of hydrogen-bond acceptors (Lipinski definition) is 2. The predicted octanol–water partition coefficient (Wildman–Crippen LogP) is 3.84. The quantitative estimate of drug-likeness (QED) is 0.860. The van der Waals surface area contributed by atoms with Gasteiger partial charge in [0.2, 0.25) is 0 Å². The van der Waals surface area contributed by atoms with Crippen molar-refractivity contribution in [1.82, 2.24) is 4.98 Å². The third-order valence-electron chi connectivity index (χ3n) is 6.75. The highest BCUT2D eigenvalue weighted by Crippen LogP contribution is 2.64. The Kier molecular flexibility index (Phi) is 2.36. The molecule has 0 amide bonds. The molecule has 21 heavy (non-hydrogen) atoms. The van der Waals surface area contributed by atoms with Crippen molar-refractivity contribution in [3.05, 3.63) is 42.2 Å². The largest absolute Gasteiger partial charge is 0.321 e. The summed E-state index contributed by atoms with van der Waals surface area (Å²) < 4.78 is 0. The van der Waals surface area contributed by atoms with E-state index in [1.807, 2.05) is 12.4 Å². The lowest BCUT2D eigenvalue weighted by Crippen LogP contribution is -2.46. The minimum atomic E-state index is -0.100. The third kappa shape index (κ3) is 1.49. The van der Waals surface area contributed by atoms with E-state index in [0.717, 1.165) is 17.8 Å². The van der Waals surface area contributed by atoms with Crippen LogP contribution < -0.4 is 5.73 Å². The van der Waals surface area contributed by atoms with E-state index in [1.165, 1.54) is 48.4 Å². The second-order valence-corrected chi connectivity index (χ2v) is 7.51. The molecule has 2 N–H and O–H groups in total. The van der Waals surface area contributed by atoms with Crippen molar-refractivity contribution in [1.29, 1.82) is 0 Å². The molecule has 1 aromatic heterocycles. The zero-order valence-electron chi connectivity index (χ0n) is 12.3. The molecule has 1 aromatic carbocycles. The minimum Gasteiger partial charge on any atom is -0.321 e. The lowest BCUT2D eigenvalue weighted by molar-refractivity contribution is 0.158. The molecule has 0 spiro atoms. The number of aromatic nitrogens is 1. The van der Waals surface area contributed by atoms with Crippen molar-refractivity contribution in [2.24, 2.45) is 29.4 Å². The van der Waals surface area contributed by atoms with Gasteiger partial charge in [0, 0.05) is 23.3 Å². The van der Waals surface area contributed by atoms with E-state index in [9.17, 15) is 0 Å². The number of pyridine rings is 1. The Morgan fingerprint density at radius 1 is 1.14 bits per heavy atom. The molecule has 5 rings (SSSR count). The van der Waals surface area contributed by atoms with Gasteiger partial charge in [0.15, 0.2) is 0 Å². The predicted molar refractivity (Wildman–Crippen MR) is 84.7 cm³/mol. The summed E-state index contributed by atoms with van der Waals surface area (Å²) in [7, 11) is 0. The van der Waals surface area contributed by atoms with Crippen molar-refractivity contribution in [2.75, 3.05) is 0 Å². The first-order valence-corrected chi connectivity index (χ1v) is 8.39. The highest BCUT2D eigenvalue weighted by atomic mass is 14.8. The molecule has 0 saturated heterocycles. The summed E-state index contributed by atoms with van der Waals surface area (Å²) in [6, 6.07) is 8.73. The topological polar surface area (TPSA) is 38.9 Å². The van der Waals surface area contributed by atoms with Gasteiger partial charge in [-0.25, -0.2) is 0 Å². The lowest BCUT2D eigenvalue weighted by Gasteiger charge is -2.41. The molecule has 5 atom stereocenters. The van der Waals surface area contributed by atoms with Crippen molar-refractivity contribution in [3.8, 4) is 0 Å². The van der Waals surface area contributed by atoms with Gasteiger partial charge in [-0.2, -0.15) is 0 Å². The van der Waals surface area contributed by atoms with E-state index in [-0.39, 0.29) is 5.54 Å². The van der Waals surface area contributed by atoms with Crippen molar-refractivity contribution < 1.29 is 0 Å². The second kappa shape index (κ2) is 4.07. The summed E-state index contributed by atoms with van der Waals surface area (Å²) >= 11 is 0. The molecule has 3 aliphatic rings. The molecule has 5 unspecified atom stereocenters. The maximum Gasteiger partial charge on any atom is 0.0450 e. The number of nitrogens with two attached hydrogens (primary N) is 1. The number of rotatable bonds is 1. The van der Waals surface area contributed by atoms with Crippen LogP contribution in [0.5, 0.6) is 0 Å². The van der Waals surface area contributed by atoms with Gasteiger partial charge in [-0.1, -0.05) is 24.6 Å². The Bertz CT molecular complexity index is 704. The Morgan fingerprint density at radius 3 is 3.00 bits per heavy atom. The number of fused-ring (bicyclic) bond motifs is 6. The van der Waals surface area contributed by atoms with Gasteiger partial charge < -0.3 is 5.73 Å². The summed E-state index contributed by atoms with van der Waals surface area (Å²) in [5.74, 6) is 3.47. The number of hydrogen-bond donors (Lipinski definition) is 1. The van der Waals surface area contributed by atoms with Crippen LogP contribution in [0, 0.1) is 23.7 Å². The standard InChI is InChI=1S/C19H22N2/c20-19(10-13-9-18(19)16-5-2-4-14(13)16)17-6-1-3-12-11-21-8-7-15(12)17/h1,3,6-8,11,13-14,16,18H,2,4-5,9-10,20H2. The van der Waals surface area contributed by atoms with Crippen molar-refractivity contribution in [2.45, 2.75) is 37.6 Å². The third-order valence-corrected chi connectivity index (χ3v) is 6.75. The zero-order valence-corrected chi connectivity index (χ0v) is 12.3. The lowest BCUT2D eigenvalue weighted by atomic mass is 9.68. The van der Waals surface area contributed by atoms with Crippen LogP contribution in [0.4, 0.5) is 0 Å². The summed E-state index contributed by atoms with van der Waals surface area (Å²) in [6.45, 7) is 0. The molecule has 1 heterocycles. The molecule has 0 radical (unpaired) electrons. The van der Waals surface area contributed by atoms with Crippen LogP contribution in [-0.2, 0) is 5.54 Å². The highest BCUT2D eigenvalue weighted by Gasteiger charge is 2.60. The Balaban J connectivity index is 1.66. The fourth-order valence-corrected chi connectivity index (χ4v) is 6.03. The van der Waals surface area contributed by atoms with Crippen LogP contribution in [-0.4, -0.2) is 4.98 Å². The smallest absolute Gasteiger partial charge is 0.0450 e. The van der Waals surface area contributed by atoms with E-state index >= 15 is 0 Å². The first-order valence-electron chi connectivity index (χ1n) is 8.39. The molecule has 3 fully saturated rings. The maximum atomic E-state index is 7.07. The van der Waals surface area contributed by atoms with Gasteiger partial charge in [-0.3, -0.25) is 4.98 Å². The van der Waals surface area contributed by atoms with Gasteiger partial charge in [0.05, 0.1) is 0 Å². The van der Waals surface area contributed by atoms with Crippen molar-refractivity contribution in [3.63, 3.8) is 0 Å². The first kappa shape index (κ1) is 12.2. The molecule has 2 bridgehead atoms. The monoisotopic (exact) mass is 278 g/mol. The average Bonchev–Trinajstić information content (AvgIpc) is 3.18. The van der Waals surface area contributed by atoms with Crippen LogP contribution in [0.25, 0.3) is 10.8 Å². The SMILES string of the molecule is NC1(c2cccc3cnccc23)CC2CC1C1CCCC21. The van der Waals surface area contributed by atoms with E-state index in [0.29, 0.717) is 5.92 Å². The number of nitrogens with zero attached hydrogens (tertiary/aromatic N) is 1. The maximum absolute atomic E-state index is 7.07. The first-order chi connectivity index (χ1) is 10.3. The summed E-state index contributed by atoms with van der Waals surface area (Å²) in [5, 5.41) is 2.54. The normalized spacial score (nSPS) is 40.8. The molecule has 2 aromatic rings. The van der Waals surface area contributed by atoms with Crippen LogP contribution >= 0.6 is 0 Å². The van der Waals surface area contributed by atoms with Gasteiger partial charge in [0.25, 0.3) is 0 Å². The molecular weight excluding hydrogens is 256 g/mol.